The molecule has 3 N–H and O–H groups in total. The summed E-state index contributed by atoms with van der Waals surface area (Å²) < 4.78 is 0. The van der Waals surface area contributed by atoms with Crippen molar-refractivity contribution in [2.75, 3.05) is 12.4 Å². The van der Waals surface area contributed by atoms with E-state index in [4.69, 9.17) is 0 Å². The third kappa shape index (κ3) is 3.76. The van der Waals surface area contributed by atoms with Gasteiger partial charge in [0.2, 0.25) is 11.8 Å². The standard InChI is InChI=1S/C22H22N4O4/c1-23-16-5-2-13(3-6-16)11-24-20(28)14-4-7-17-15(10-14)12-26(22(17)30)18-8-9-19(27)25-21(18)29/h2-7,10,18,23H,8-9,11-12H2,1H3,(H,24,28)(H,25,27,29). The van der Waals surface area contributed by atoms with Crippen LogP contribution in [0.4, 0.5) is 5.69 Å². The highest BCUT2D eigenvalue weighted by molar-refractivity contribution is 6.06. The lowest BCUT2D eigenvalue weighted by Gasteiger charge is -2.29. The van der Waals surface area contributed by atoms with Gasteiger partial charge in [-0.2, -0.15) is 0 Å². The molecule has 2 aliphatic heterocycles. The number of carbonyl (C=O) groups is 4. The number of rotatable bonds is 5. The highest BCUT2D eigenvalue weighted by Crippen LogP contribution is 2.28. The molecule has 0 saturated carbocycles. The van der Waals surface area contributed by atoms with E-state index >= 15 is 0 Å². The van der Waals surface area contributed by atoms with E-state index < -0.39 is 11.9 Å². The molecular weight excluding hydrogens is 384 g/mol. The third-order valence-corrected chi connectivity index (χ3v) is 5.48. The molecule has 8 nitrogen and oxygen atoms in total. The molecule has 1 unspecified atom stereocenters. The predicted octanol–water partition coefficient (Wildman–Crippen LogP) is 1.42. The summed E-state index contributed by atoms with van der Waals surface area (Å²) in [5, 5.41) is 8.21. The van der Waals surface area contributed by atoms with Crippen LogP contribution in [-0.2, 0) is 22.7 Å². The zero-order valence-corrected chi connectivity index (χ0v) is 16.5. The molecular formula is C22H22N4O4. The van der Waals surface area contributed by atoms with Crippen LogP contribution < -0.4 is 16.0 Å². The third-order valence-electron chi connectivity index (χ3n) is 5.48. The quantitative estimate of drug-likeness (QED) is 0.651. The number of hydrogen-bond acceptors (Lipinski definition) is 5. The minimum absolute atomic E-state index is 0.208. The van der Waals surface area contributed by atoms with Crippen molar-refractivity contribution in [3.05, 3.63) is 64.7 Å². The summed E-state index contributed by atoms with van der Waals surface area (Å²) in [6.45, 7) is 0.633. The lowest BCUT2D eigenvalue weighted by atomic mass is 10.0. The Balaban J connectivity index is 1.43. The lowest BCUT2D eigenvalue weighted by Crippen LogP contribution is -2.52. The van der Waals surface area contributed by atoms with Gasteiger partial charge >= 0.3 is 0 Å². The fourth-order valence-electron chi connectivity index (χ4n) is 3.79. The molecule has 0 radical (unpaired) electrons. The number of anilines is 1. The number of amides is 4. The minimum Gasteiger partial charge on any atom is -0.388 e. The summed E-state index contributed by atoms with van der Waals surface area (Å²) in [5.41, 5.74) is 3.62. The summed E-state index contributed by atoms with van der Waals surface area (Å²) in [6, 6.07) is 12.0. The molecule has 0 aromatic heterocycles. The van der Waals surface area contributed by atoms with Crippen LogP contribution in [0.2, 0.25) is 0 Å². The highest BCUT2D eigenvalue weighted by Gasteiger charge is 2.39. The van der Waals surface area contributed by atoms with Gasteiger partial charge in [0, 0.05) is 43.4 Å². The Hall–Kier alpha value is -3.68. The number of fused-ring (bicyclic) bond motifs is 1. The van der Waals surface area contributed by atoms with E-state index in [2.05, 4.69) is 16.0 Å². The Morgan fingerprint density at radius 3 is 2.60 bits per heavy atom. The number of benzene rings is 2. The molecule has 0 bridgehead atoms. The van der Waals surface area contributed by atoms with Gasteiger partial charge in [0.05, 0.1) is 0 Å². The minimum atomic E-state index is -0.666. The molecule has 154 valence electrons. The molecule has 8 heteroatoms. The van der Waals surface area contributed by atoms with E-state index in [0.29, 0.717) is 29.7 Å². The van der Waals surface area contributed by atoms with Gasteiger partial charge in [-0.1, -0.05) is 12.1 Å². The Labute approximate surface area is 173 Å². The van der Waals surface area contributed by atoms with Gasteiger partial charge < -0.3 is 15.5 Å². The van der Waals surface area contributed by atoms with Crippen LogP contribution in [-0.4, -0.2) is 41.6 Å². The Morgan fingerprint density at radius 2 is 1.90 bits per heavy atom. The van der Waals surface area contributed by atoms with Crippen LogP contribution in [0.15, 0.2) is 42.5 Å². The van der Waals surface area contributed by atoms with Crippen LogP contribution >= 0.6 is 0 Å². The zero-order chi connectivity index (χ0) is 21.3. The summed E-state index contributed by atoms with van der Waals surface area (Å²) >= 11 is 0. The van der Waals surface area contributed by atoms with Crippen LogP contribution in [0.3, 0.4) is 0 Å². The molecule has 1 saturated heterocycles. The van der Waals surface area contributed by atoms with Crippen molar-refractivity contribution in [1.82, 2.24) is 15.5 Å². The fourth-order valence-corrected chi connectivity index (χ4v) is 3.79. The molecule has 30 heavy (non-hydrogen) atoms. The first kappa shape index (κ1) is 19.6. The van der Waals surface area contributed by atoms with Crippen molar-refractivity contribution in [3.8, 4) is 0 Å². The second-order valence-corrected chi connectivity index (χ2v) is 7.40. The maximum Gasteiger partial charge on any atom is 0.255 e. The van der Waals surface area contributed by atoms with Gasteiger partial charge in [-0.05, 0) is 47.9 Å². The van der Waals surface area contributed by atoms with Crippen LogP contribution in [0.1, 0.15) is 44.7 Å². The zero-order valence-electron chi connectivity index (χ0n) is 16.5. The second kappa shape index (κ2) is 7.98. The van der Waals surface area contributed by atoms with Crippen LogP contribution in [0.25, 0.3) is 0 Å². The summed E-state index contributed by atoms with van der Waals surface area (Å²) in [4.78, 5) is 50.3. The molecule has 1 atom stereocenters. The van der Waals surface area contributed by atoms with Crippen molar-refractivity contribution in [1.29, 1.82) is 0 Å². The van der Waals surface area contributed by atoms with E-state index in [1.54, 1.807) is 18.2 Å². The smallest absolute Gasteiger partial charge is 0.255 e. The molecule has 2 aromatic carbocycles. The first-order chi connectivity index (χ1) is 14.5. The highest BCUT2D eigenvalue weighted by atomic mass is 16.2. The maximum atomic E-state index is 12.7. The van der Waals surface area contributed by atoms with Crippen molar-refractivity contribution < 1.29 is 19.2 Å². The van der Waals surface area contributed by atoms with Crippen molar-refractivity contribution in [2.24, 2.45) is 0 Å². The average molecular weight is 406 g/mol. The van der Waals surface area contributed by atoms with Crippen LogP contribution in [0.5, 0.6) is 0 Å². The number of imide groups is 1. The molecule has 4 amide bonds. The van der Waals surface area contributed by atoms with E-state index in [-0.39, 0.29) is 30.7 Å². The van der Waals surface area contributed by atoms with Gasteiger partial charge in [0.15, 0.2) is 0 Å². The lowest BCUT2D eigenvalue weighted by molar-refractivity contribution is -0.136. The first-order valence-corrected chi connectivity index (χ1v) is 9.79. The SMILES string of the molecule is CNc1ccc(CNC(=O)c2ccc3c(c2)CN(C2CCC(=O)NC2=O)C3=O)cc1. The van der Waals surface area contributed by atoms with Crippen molar-refractivity contribution >= 4 is 29.3 Å². The Morgan fingerprint density at radius 1 is 1.13 bits per heavy atom. The molecule has 1 fully saturated rings. The topological polar surface area (TPSA) is 108 Å². The molecule has 0 spiro atoms. The van der Waals surface area contributed by atoms with Gasteiger partial charge in [0.25, 0.3) is 11.8 Å². The van der Waals surface area contributed by atoms with Gasteiger partial charge in [0.1, 0.15) is 6.04 Å². The maximum absolute atomic E-state index is 12.7. The van der Waals surface area contributed by atoms with Gasteiger partial charge in [-0.25, -0.2) is 0 Å². The Bertz CT molecular complexity index is 1030. The monoisotopic (exact) mass is 406 g/mol. The fraction of sp³-hybridized carbons (Fsp3) is 0.273. The van der Waals surface area contributed by atoms with Gasteiger partial charge in [-0.3, -0.25) is 24.5 Å². The van der Waals surface area contributed by atoms with Gasteiger partial charge in [-0.15, -0.1) is 0 Å². The largest absolute Gasteiger partial charge is 0.388 e. The van der Waals surface area contributed by atoms with Crippen molar-refractivity contribution in [3.63, 3.8) is 0 Å². The van der Waals surface area contributed by atoms with E-state index in [0.717, 1.165) is 11.3 Å². The number of piperidine rings is 1. The molecule has 2 aliphatic rings. The van der Waals surface area contributed by atoms with E-state index in [1.807, 2.05) is 31.3 Å². The predicted molar refractivity (Wildman–Crippen MR) is 110 cm³/mol. The van der Waals surface area contributed by atoms with Crippen molar-refractivity contribution in [2.45, 2.75) is 32.0 Å². The molecule has 2 aromatic rings. The molecule has 4 rings (SSSR count). The number of carbonyl (C=O) groups excluding carboxylic acids is 4. The summed E-state index contributed by atoms with van der Waals surface area (Å²) in [6.07, 6.45) is 0.517. The number of nitrogens with zero attached hydrogens (tertiary/aromatic N) is 1. The number of nitrogens with one attached hydrogen (secondary N) is 3. The molecule has 2 heterocycles. The number of hydrogen-bond donors (Lipinski definition) is 3. The summed E-state index contributed by atoms with van der Waals surface area (Å²) in [5.74, 6) is -1.26. The normalized spacial score (nSPS) is 18.1. The Kier molecular flexibility index (Phi) is 5.22. The van der Waals surface area contributed by atoms with Crippen LogP contribution in [0, 0.1) is 0 Å². The van der Waals surface area contributed by atoms with E-state index in [9.17, 15) is 19.2 Å². The first-order valence-electron chi connectivity index (χ1n) is 9.79. The van der Waals surface area contributed by atoms with E-state index in [1.165, 1.54) is 4.90 Å². The average Bonchev–Trinajstić information content (AvgIpc) is 3.08. The second-order valence-electron chi connectivity index (χ2n) is 7.40. The summed E-state index contributed by atoms with van der Waals surface area (Å²) in [7, 11) is 1.84. The molecule has 0 aliphatic carbocycles.